The Balaban J connectivity index is 0.000000858. The molecule has 0 spiro atoms. The maximum Gasteiger partial charge on any atom is 0.290 e. The average Bonchev–Trinajstić information content (AvgIpc) is 3.45. The molecule has 1 atom stereocenters. The summed E-state index contributed by atoms with van der Waals surface area (Å²) in [5.41, 5.74) is 3.98. The number of carbonyl (C=O) groups is 1. The van der Waals surface area contributed by atoms with Crippen LogP contribution in [0.5, 0.6) is 5.75 Å². The number of nitrogens with zero attached hydrogens (tertiary/aromatic N) is 4. The van der Waals surface area contributed by atoms with Crippen molar-refractivity contribution >= 4 is 6.47 Å². The molecule has 0 amide bonds. The molecular formula is C23H28N4O4. The van der Waals surface area contributed by atoms with Crippen LogP contribution in [0.4, 0.5) is 0 Å². The van der Waals surface area contributed by atoms with Gasteiger partial charge in [0.15, 0.2) is 0 Å². The Bertz CT molecular complexity index is 966. The molecule has 8 nitrogen and oxygen atoms in total. The number of aryl methyl sites for hydroxylation is 2. The predicted octanol–water partition coefficient (Wildman–Crippen LogP) is 3.84. The number of hydrogen-bond donors (Lipinski definition) is 1. The third kappa shape index (κ3) is 5.88. The molecule has 164 valence electrons. The maximum absolute atomic E-state index is 8.36. The first-order valence-corrected chi connectivity index (χ1v) is 10.3. The first kappa shape index (κ1) is 22.4. The van der Waals surface area contributed by atoms with Gasteiger partial charge in [0.1, 0.15) is 11.6 Å². The van der Waals surface area contributed by atoms with Crippen LogP contribution in [0.25, 0.3) is 22.5 Å². The standard InChI is InChI=1S/C22H26N4O2.CH2O2/c1-16-23-12-19(13-24-16)22-21(18-6-3-7-20(11-18)27-2)25-15-26(22)9-4-5-17-8-10-28-14-17;2-1-3/h3,6-7,11-13,15,17H,4-5,8-10,14H2,1-2H3;1H,(H,2,3). The molecule has 1 aliphatic rings. The highest BCUT2D eigenvalue weighted by atomic mass is 16.5. The molecule has 3 aromatic rings. The van der Waals surface area contributed by atoms with E-state index in [1.54, 1.807) is 7.11 Å². The first-order chi connectivity index (χ1) is 15.2. The minimum absolute atomic E-state index is 0.250. The summed E-state index contributed by atoms with van der Waals surface area (Å²) in [6, 6.07) is 8.01. The van der Waals surface area contributed by atoms with E-state index in [1.807, 2.05) is 43.8 Å². The lowest BCUT2D eigenvalue weighted by Gasteiger charge is -2.12. The van der Waals surface area contributed by atoms with E-state index in [1.165, 1.54) is 12.8 Å². The van der Waals surface area contributed by atoms with Gasteiger partial charge in [-0.05, 0) is 44.2 Å². The Labute approximate surface area is 181 Å². The fourth-order valence-corrected chi connectivity index (χ4v) is 3.71. The van der Waals surface area contributed by atoms with Gasteiger partial charge in [-0.1, -0.05) is 12.1 Å². The predicted molar refractivity (Wildman–Crippen MR) is 117 cm³/mol. The Morgan fingerprint density at radius 2 is 2.03 bits per heavy atom. The Morgan fingerprint density at radius 3 is 2.71 bits per heavy atom. The zero-order chi connectivity index (χ0) is 22.1. The van der Waals surface area contributed by atoms with Crippen LogP contribution in [-0.2, 0) is 16.1 Å². The van der Waals surface area contributed by atoms with Crippen molar-refractivity contribution < 1.29 is 19.4 Å². The lowest BCUT2D eigenvalue weighted by Crippen LogP contribution is -2.05. The molecule has 1 N–H and O–H groups in total. The zero-order valence-electron chi connectivity index (χ0n) is 17.9. The molecule has 1 aromatic carbocycles. The van der Waals surface area contributed by atoms with E-state index in [0.717, 1.165) is 60.3 Å². The summed E-state index contributed by atoms with van der Waals surface area (Å²) < 4.78 is 13.1. The topological polar surface area (TPSA) is 99.4 Å². The van der Waals surface area contributed by atoms with Gasteiger partial charge in [-0.3, -0.25) is 4.79 Å². The third-order valence-corrected chi connectivity index (χ3v) is 5.27. The normalized spacial score (nSPS) is 15.2. The highest BCUT2D eigenvalue weighted by Gasteiger charge is 2.18. The fraction of sp³-hybridized carbons (Fsp3) is 0.391. The number of rotatable bonds is 7. The summed E-state index contributed by atoms with van der Waals surface area (Å²) in [7, 11) is 1.68. The second-order valence-corrected chi connectivity index (χ2v) is 7.36. The smallest absolute Gasteiger partial charge is 0.290 e. The van der Waals surface area contributed by atoms with E-state index >= 15 is 0 Å². The van der Waals surface area contributed by atoms with E-state index in [-0.39, 0.29) is 6.47 Å². The molecule has 3 heterocycles. The number of ether oxygens (including phenoxy) is 2. The summed E-state index contributed by atoms with van der Waals surface area (Å²) >= 11 is 0. The van der Waals surface area contributed by atoms with E-state index in [4.69, 9.17) is 24.4 Å². The molecule has 8 heteroatoms. The molecule has 0 saturated carbocycles. The molecule has 31 heavy (non-hydrogen) atoms. The van der Waals surface area contributed by atoms with Crippen LogP contribution in [0.15, 0.2) is 43.0 Å². The highest BCUT2D eigenvalue weighted by molar-refractivity contribution is 5.78. The van der Waals surface area contributed by atoms with Gasteiger partial charge < -0.3 is 19.1 Å². The van der Waals surface area contributed by atoms with Gasteiger partial charge >= 0.3 is 0 Å². The maximum atomic E-state index is 8.36. The zero-order valence-corrected chi connectivity index (χ0v) is 17.9. The molecule has 0 bridgehead atoms. The number of imidazole rings is 1. The molecular weight excluding hydrogens is 396 g/mol. The van der Waals surface area contributed by atoms with Gasteiger partial charge in [-0.15, -0.1) is 0 Å². The third-order valence-electron chi connectivity index (χ3n) is 5.27. The summed E-state index contributed by atoms with van der Waals surface area (Å²) in [5, 5.41) is 6.89. The summed E-state index contributed by atoms with van der Waals surface area (Å²) in [6.07, 6.45) is 9.14. The van der Waals surface area contributed by atoms with Crippen molar-refractivity contribution in [1.29, 1.82) is 0 Å². The van der Waals surface area contributed by atoms with Crippen LogP contribution >= 0.6 is 0 Å². The van der Waals surface area contributed by atoms with Crippen LogP contribution in [0.2, 0.25) is 0 Å². The fourth-order valence-electron chi connectivity index (χ4n) is 3.71. The number of benzene rings is 1. The van der Waals surface area contributed by atoms with Crippen molar-refractivity contribution in [2.45, 2.75) is 32.7 Å². The van der Waals surface area contributed by atoms with Crippen molar-refractivity contribution in [3.8, 4) is 28.3 Å². The molecule has 4 rings (SSSR count). The van der Waals surface area contributed by atoms with Crippen LogP contribution in [0.3, 0.4) is 0 Å². The minimum Gasteiger partial charge on any atom is -0.497 e. The van der Waals surface area contributed by atoms with Crippen LogP contribution < -0.4 is 4.74 Å². The molecule has 2 aromatic heterocycles. The van der Waals surface area contributed by atoms with Crippen molar-refractivity contribution in [3.63, 3.8) is 0 Å². The van der Waals surface area contributed by atoms with E-state index in [2.05, 4.69) is 20.6 Å². The van der Waals surface area contributed by atoms with E-state index < -0.39 is 0 Å². The van der Waals surface area contributed by atoms with Crippen LogP contribution in [0, 0.1) is 12.8 Å². The van der Waals surface area contributed by atoms with Gasteiger partial charge in [0, 0.05) is 43.3 Å². The van der Waals surface area contributed by atoms with Gasteiger partial charge in [0.25, 0.3) is 6.47 Å². The monoisotopic (exact) mass is 424 g/mol. The Morgan fingerprint density at radius 1 is 1.26 bits per heavy atom. The summed E-state index contributed by atoms with van der Waals surface area (Å²) in [5.74, 6) is 2.27. The van der Waals surface area contributed by atoms with Crippen LogP contribution in [-0.4, -0.2) is 51.4 Å². The summed E-state index contributed by atoms with van der Waals surface area (Å²) in [6.45, 7) is 4.36. The second kappa shape index (κ2) is 11.2. The Kier molecular flexibility index (Phi) is 8.12. The van der Waals surface area contributed by atoms with Gasteiger partial charge in [-0.2, -0.15) is 0 Å². The molecule has 1 fully saturated rings. The quantitative estimate of drug-likeness (QED) is 0.575. The number of methoxy groups -OCH3 is 1. The summed E-state index contributed by atoms with van der Waals surface area (Å²) in [4.78, 5) is 21.9. The number of carboxylic acid groups (broad SMARTS) is 1. The van der Waals surface area contributed by atoms with E-state index in [9.17, 15) is 0 Å². The first-order valence-electron chi connectivity index (χ1n) is 10.3. The minimum atomic E-state index is -0.250. The SMILES string of the molecule is COc1cccc(-c2ncn(CCCC3CCOC3)c2-c2cnc(C)nc2)c1.O=CO. The van der Waals surface area contributed by atoms with Crippen molar-refractivity contribution in [3.05, 3.63) is 48.8 Å². The van der Waals surface area contributed by atoms with Gasteiger partial charge in [-0.25, -0.2) is 15.0 Å². The average molecular weight is 425 g/mol. The van der Waals surface area contributed by atoms with Crippen LogP contribution in [0.1, 0.15) is 25.1 Å². The lowest BCUT2D eigenvalue weighted by molar-refractivity contribution is -0.122. The molecule has 1 unspecified atom stereocenters. The largest absolute Gasteiger partial charge is 0.497 e. The van der Waals surface area contributed by atoms with Crippen molar-refractivity contribution in [2.24, 2.45) is 5.92 Å². The lowest BCUT2D eigenvalue weighted by atomic mass is 10.0. The second-order valence-electron chi connectivity index (χ2n) is 7.36. The molecule has 0 aliphatic carbocycles. The van der Waals surface area contributed by atoms with Gasteiger partial charge in [0.05, 0.1) is 24.8 Å². The van der Waals surface area contributed by atoms with E-state index in [0.29, 0.717) is 5.92 Å². The number of aromatic nitrogens is 4. The van der Waals surface area contributed by atoms with Crippen molar-refractivity contribution in [2.75, 3.05) is 20.3 Å². The van der Waals surface area contributed by atoms with Crippen molar-refractivity contribution in [1.82, 2.24) is 19.5 Å². The molecule has 1 saturated heterocycles. The Hall–Kier alpha value is -3.26. The van der Waals surface area contributed by atoms with Gasteiger partial charge in [0.2, 0.25) is 0 Å². The number of hydrogen-bond acceptors (Lipinski definition) is 6. The molecule has 0 radical (unpaired) electrons. The highest BCUT2D eigenvalue weighted by Crippen LogP contribution is 2.33. The molecule has 1 aliphatic heterocycles.